The maximum Gasteiger partial charge on any atom is 0.279 e. The van der Waals surface area contributed by atoms with Gasteiger partial charge in [0.15, 0.2) is 18.2 Å². The highest BCUT2D eigenvalue weighted by Gasteiger charge is 2.14. The van der Waals surface area contributed by atoms with Crippen molar-refractivity contribution in [1.82, 2.24) is 0 Å². The van der Waals surface area contributed by atoms with Crippen LogP contribution in [0.25, 0.3) is 0 Å². The number of nitrogens with two attached hydrogens (primary N) is 1. The zero-order valence-corrected chi connectivity index (χ0v) is 13.5. The zero-order valence-electron chi connectivity index (χ0n) is 13.5. The minimum atomic E-state index is -0.873. The number of nitrogens with one attached hydrogen (secondary N) is 1. The molecule has 1 atom stereocenters. The number of anilines is 1. The Balaban J connectivity index is 1.93. The first-order valence-corrected chi connectivity index (χ1v) is 7.52. The summed E-state index contributed by atoms with van der Waals surface area (Å²) in [6.45, 7) is 5.94. The molecule has 2 aromatic rings. The Morgan fingerprint density at radius 2 is 1.87 bits per heavy atom. The van der Waals surface area contributed by atoms with E-state index < -0.39 is 11.6 Å². The molecule has 0 saturated carbocycles. The molecule has 5 heteroatoms. The van der Waals surface area contributed by atoms with Gasteiger partial charge in [0.05, 0.1) is 0 Å². The molecule has 0 bridgehead atoms. The second-order valence-corrected chi connectivity index (χ2v) is 5.77. The van der Waals surface area contributed by atoms with Crippen LogP contribution in [0.1, 0.15) is 29.7 Å². The van der Waals surface area contributed by atoms with E-state index in [2.05, 4.69) is 5.32 Å². The van der Waals surface area contributed by atoms with Gasteiger partial charge in [0.1, 0.15) is 6.04 Å². The van der Waals surface area contributed by atoms with Gasteiger partial charge in [-0.1, -0.05) is 12.1 Å². The van der Waals surface area contributed by atoms with E-state index in [0.717, 1.165) is 22.9 Å². The lowest BCUT2D eigenvalue weighted by Crippen LogP contribution is -2.86. The average Bonchev–Trinajstić information content (AvgIpc) is 2.51. The summed E-state index contributed by atoms with van der Waals surface area (Å²) >= 11 is 0. The Hall–Kier alpha value is -2.27. The van der Waals surface area contributed by atoms with Gasteiger partial charge in [-0.2, -0.15) is 0 Å². The summed E-state index contributed by atoms with van der Waals surface area (Å²) in [4.78, 5) is 12.1. The Morgan fingerprint density at radius 1 is 1.13 bits per heavy atom. The Morgan fingerprint density at radius 3 is 2.57 bits per heavy atom. The largest absolute Gasteiger partial charge is 0.333 e. The van der Waals surface area contributed by atoms with Crippen molar-refractivity contribution in [3.63, 3.8) is 0 Å². The van der Waals surface area contributed by atoms with E-state index in [1.54, 1.807) is 5.32 Å². The third-order valence-electron chi connectivity index (χ3n) is 3.79. The number of carbonyl (C=O) groups excluding carboxylic acids is 1. The summed E-state index contributed by atoms with van der Waals surface area (Å²) in [6.07, 6.45) is 0. The molecule has 0 aliphatic heterocycles. The Kier molecular flexibility index (Phi) is 5.45. The smallest absolute Gasteiger partial charge is 0.279 e. The number of hydrogen-bond donors (Lipinski definition) is 2. The van der Waals surface area contributed by atoms with Crippen molar-refractivity contribution < 1.29 is 18.9 Å². The van der Waals surface area contributed by atoms with Gasteiger partial charge in [-0.15, -0.1) is 0 Å². The molecule has 0 heterocycles. The highest BCUT2D eigenvalue weighted by molar-refractivity contribution is 5.92. The molecule has 122 valence electrons. The highest BCUT2D eigenvalue weighted by Crippen LogP contribution is 2.16. The summed E-state index contributed by atoms with van der Waals surface area (Å²) in [5.74, 6) is -1.87. The predicted molar refractivity (Wildman–Crippen MR) is 86.1 cm³/mol. The summed E-state index contributed by atoms with van der Waals surface area (Å²) in [6, 6.07) is 9.52. The molecule has 0 aromatic heterocycles. The molecule has 0 aliphatic carbocycles. The predicted octanol–water partition coefficient (Wildman–Crippen LogP) is 2.84. The van der Waals surface area contributed by atoms with Crippen molar-refractivity contribution in [2.75, 3.05) is 11.9 Å². The van der Waals surface area contributed by atoms with Crippen molar-refractivity contribution >= 4 is 11.6 Å². The molecule has 0 spiro atoms. The van der Waals surface area contributed by atoms with Gasteiger partial charge in [0.25, 0.3) is 5.91 Å². The molecule has 0 saturated heterocycles. The first kappa shape index (κ1) is 17.1. The molecule has 2 aromatic carbocycles. The van der Waals surface area contributed by atoms with Crippen LogP contribution in [-0.2, 0) is 4.79 Å². The van der Waals surface area contributed by atoms with Crippen LogP contribution in [0.3, 0.4) is 0 Å². The number of benzene rings is 2. The lowest BCUT2D eigenvalue weighted by molar-refractivity contribution is -0.682. The van der Waals surface area contributed by atoms with Gasteiger partial charge >= 0.3 is 0 Å². The number of carbonyl (C=O) groups is 1. The second kappa shape index (κ2) is 7.33. The number of hydrogen-bond acceptors (Lipinski definition) is 1. The molecule has 0 radical (unpaired) electrons. The lowest BCUT2D eigenvalue weighted by atomic mass is 10.1. The average molecular weight is 319 g/mol. The van der Waals surface area contributed by atoms with Crippen molar-refractivity contribution in [3.05, 3.63) is 64.7 Å². The number of amides is 1. The minimum Gasteiger partial charge on any atom is -0.333 e. The van der Waals surface area contributed by atoms with E-state index in [4.69, 9.17) is 0 Å². The first-order valence-electron chi connectivity index (χ1n) is 7.52. The van der Waals surface area contributed by atoms with Crippen molar-refractivity contribution in [2.45, 2.75) is 26.8 Å². The van der Waals surface area contributed by atoms with E-state index >= 15 is 0 Å². The summed E-state index contributed by atoms with van der Waals surface area (Å²) in [5.41, 5.74) is 3.51. The maximum atomic E-state index is 13.2. The quantitative estimate of drug-likeness (QED) is 0.874. The second-order valence-electron chi connectivity index (χ2n) is 5.77. The molecular weight excluding hydrogens is 298 g/mol. The number of quaternary nitrogens is 1. The fraction of sp³-hybridized carbons (Fsp3) is 0.278. The Labute approximate surface area is 134 Å². The topological polar surface area (TPSA) is 45.7 Å². The highest BCUT2D eigenvalue weighted by atomic mass is 19.2. The zero-order chi connectivity index (χ0) is 17.0. The normalized spacial score (nSPS) is 12.0. The molecule has 0 unspecified atom stereocenters. The van der Waals surface area contributed by atoms with Gasteiger partial charge in [-0.3, -0.25) is 4.79 Å². The molecule has 3 nitrogen and oxygen atoms in total. The van der Waals surface area contributed by atoms with Crippen molar-refractivity contribution in [3.8, 4) is 0 Å². The van der Waals surface area contributed by atoms with Crippen LogP contribution >= 0.6 is 0 Å². The van der Waals surface area contributed by atoms with Crippen LogP contribution < -0.4 is 10.6 Å². The van der Waals surface area contributed by atoms with Crippen LogP contribution in [0.2, 0.25) is 0 Å². The third kappa shape index (κ3) is 4.60. The van der Waals surface area contributed by atoms with E-state index in [0.29, 0.717) is 5.56 Å². The van der Waals surface area contributed by atoms with Crippen LogP contribution in [-0.4, -0.2) is 12.5 Å². The lowest BCUT2D eigenvalue weighted by Gasteiger charge is -2.12. The van der Waals surface area contributed by atoms with E-state index in [1.807, 2.05) is 39.0 Å². The molecule has 3 N–H and O–H groups in total. The molecule has 0 aliphatic rings. The van der Waals surface area contributed by atoms with Crippen molar-refractivity contribution in [2.24, 2.45) is 0 Å². The van der Waals surface area contributed by atoms with Gasteiger partial charge in [-0.05, 0) is 56.2 Å². The van der Waals surface area contributed by atoms with Crippen molar-refractivity contribution in [1.29, 1.82) is 0 Å². The monoisotopic (exact) mass is 319 g/mol. The molecule has 0 fully saturated rings. The van der Waals surface area contributed by atoms with Crippen LogP contribution in [0, 0.1) is 25.5 Å². The SMILES string of the molecule is Cc1ccc(C)c(NC(=O)C[NH2+][C@@H](C)c2ccc(F)c(F)c2)c1. The molecule has 1 amide bonds. The van der Waals surface area contributed by atoms with Gasteiger partial charge < -0.3 is 10.6 Å². The van der Waals surface area contributed by atoms with E-state index in [1.165, 1.54) is 12.1 Å². The standard InChI is InChI=1S/C18H20F2N2O/c1-11-4-5-12(2)17(8-11)22-18(23)10-21-13(3)14-6-7-15(19)16(20)9-14/h4-9,13,21H,10H2,1-3H3,(H,22,23)/p+1/t13-/m0/s1. The van der Waals surface area contributed by atoms with E-state index in [9.17, 15) is 13.6 Å². The van der Waals surface area contributed by atoms with Crippen LogP contribution in [0.15, 0.2) is 36.4 Å². The summed E-state index contributed by atoms with van der Waals surface area (Å²) < 4.78 is 26.2. The Bertz CT molecular complexity index is 716. The van der Waals surface area contributed by atoms with Gasteiger partial charge in [0, 0.05) is 11.3 Å². The van der Waals surface area contributed by atoms with Crippen LogP contribution in [0.4, 0.5) is 14.5 Å². The summed E-state index contributed by atoms with van der Waals surface area (Å²) in [7, 11) is 0. The molecule has 23 heavy (non-hydrogen) atoms. The first-order chi connectivity index (χ1) is 10.9. The van der Waals surface area contributed by atoms with Gasteiger partial charge in [0.2, 0.25) is 0 Å². The minimum absolute atomic E-state index is 0.131. The van der Waals surface area contributed by atoms with E-state index in [-0.39, 0.29) is 18.5 Å². The van der Waals surface area contributed by atoms with Gasteiger partial charge in [-0.25, -0.2) is 8.78 Å². The summed E-state index contributed by atoms with van der Waals surface area (Å²) in [5, 5.41) is 4.66. The van der Waals surface area contributed by atoms with Crippen LogP contribution in [0.5, 0.6) is 0 Å². The molecular formula is C18H21F2N2O+. The number of halogens is 2. The number of rotatable bonds is 5. The maximum absolute atomic E-state index is 13.2. The third-order valence-corrected chi connectivity index (χ3v) is 3.79. The fourth-order valence-electron chi connectivity index (χ4n) is 2.29. The number of aryl methyl sites for hydroxylation is 2. The fourth-order valence-corrected chi connectivity index (χ4v) is 2.29. The molecule has 2 rings (SSSR count).